The number of piperidine rings is 1. The van der Waals surface area contributed by atoms with Gasteiger partial charge in [0.05, 0.1) is 11.4 Å². The van der Waals surface area contributed by atoms with E-state index in [1.54, 1.807) is 6.33 Å². The summed E-state index contributed by atoms with van der Waals surface area (Å²) in [4.78, 5) is 11.3. The molecule has 0 unspecified atom stereocenters. The number of nitrogens with zero attached hydrogens (tertiary/aromatic N) is 3. The Bertz CT molecular complexity index is 383. The maximum absolute atomic E-state index is 4.53. The summed E-state index contributed by atoms with van der Waals surface area (Å²) in [5.74, 6) is 0.646. The monoisotopic (exact) mass is 218 g/mol. The number of hydrogen-bond donors (Lipinski definition) is 1. The molecule has 2 aliphatic rings. The maximum Gasteiger partial charge on any atom is 0.116 e. The van der Waals surface area contributed by atoms with E-state index in [4.69, 9.17) is 0 Å². The van der Waals surface area contributed by atoms with Crippen molar-refractivity contribution >= 4 is 0 Å². The SMILES string of the molecule is CN1CCC(c2ncnc3c2CNC3)CC1. The summed E-state index contributed by atoms with van der Waals surface area (Å²) in [6.45, 7) is 4.25. The van der Waals surface area contributed by atoms with E-state index in [2.05, 4.69) is 27.2 Å². The smallest absolute Gasteiger partial charge is 0.116 e. The van der Waals surface area contributed by atoms with Gasteiger partial charge in [0.2, 0.25) is 0 Å². The molecule has 0 aliphatic carbocycles. The zero-order valence-corrected chi connectivity index (χ0v) is 9.74. The lowest BCUT2D eigenvalue weighted by atomic mass is 9.90. The van der Waals surface area contributed by atoms with Crippen LogP contribution in [-0.4, -0.2) is 35.0 Å². The van der Waals surface area contributed by atoms with Gasteiger partial charge in [0, 0.05) is 24.6 Å². The predicted octanol–water partition coefficient (Wildman–Crippen LogP) is 0.889. The van der Waals surface area contributed by atoms with Crippen LogP contribution in [0.1, 0.15) is 35.7 Å². The Kier molecular flexibility index (Phi) is 2.61. The number of aromatic nitrogens is 2. The Hall–Kier alpha value is -1.00. The van der Waals surface area contributed by atoms with Gasteiger partial charge in [-0.25, -0.2) is 9.97 Å². The molecule has 0 saturated carbocycles. The van der Waals surface area contributed by atoms with Crippen LogP contribution in [0.15, 0.2) is 6.33 Å². The van der Waals surface area contributed by atoms with Crippen LogP contribution in [0.3, 0.4) is 0 Å². The average molecular weight is 218 g/mol. The van der Waals surface area contributed by atoms with E-state index in [-0.39, 0.29) is 0 Å². The van der Waals surface area contributed by atoms with Gasteiger partial charge in [-0.15, -0.1) is 0 Å². The molecule has 0 spiro atoms. The van der Waals surface area contributed by atoms with E-state index in [1.165, 1.54) is 42.9 Å². The molecular weight excluding hydrogens is 200 g/mol. The van der Waals surface area contributed by atoms with Crippen LogP contribution in [0.25, 0.3) is 0 Å². The highest BCUT2D eigenvalue weighted by molar-refractivity contribution is 5.30. The summed E-state index contributed by atoms with van der Waals surface area (Å²) < 4.78 is 0. The molecular formula is C12H18N4. The van der Waals surface area contributed by atoms with Crippen molar-refractivity contribution < 1.29 is 0 Å². The molecule has 0 radical (unpaired) electrons. The zero-order valence-electron chi connectivity index (χ0n) is 9.74. The lowest BCUT2D eigenvalue weighted by Gasteiger charge is -2.29. The van der Waals surface area contributed by atoms with Gasteiger partial charge in [-0.2, -0.15) is 0 Å². The van der Waals surface area contributed by atoms with Crippen molar-refractivity contribution in [2.75, 3.05) is 20.1 Å². The van der Waals surface area contributed by atoms with Crippen LogP contribution >= 0.6 is 0 Å². The van der Waals surface area contributed by atoms with E-state index in [0.717, 1.165) is 13.1 Å². The molecule has 4 heteroatoms. The largest absolute Gasteiger partial charge is 0.307 e. The van der Waals surface area contributed by atoms with Gasteiger partial charge >= 0.3 is 0 Å². The molecule has 16 heavy (non-hydrogen) atoms. The molecule has 2 aliphatic heterocycles. The summed E-state index contributed by atoms with van der Waals surface area (Å²) >= 11 is 0. The maximum atomic E-state index is 4.53. The van der Waals surface area contributed by atoms with E-state index in [0.29, 0.717) is 5.92 Å². The van der Waals surface area contributed by atoms with Crippen molar-refractivity contribution in [2.45, 2.75) is 31.8 Å². The van der Waals surface area contributed by atoms with Crippen LogP contribution in [0.2, 0.25) is 0 Å². The fraction of sp³-hybridized carbons (Fsp3) is 0.667. The van der Waals surface area contributed by atoms with E-state index in [1.807, 2.05) is 0 Å². The number of hydrogen-bond acceptors (Lipinski definition) is 4. The van der Waals surface area contributed by atoms with Gasteiger partial charge < -0.3 is 10.2 Å². The van der Waals surface area contributed by atoms with Gasteiger partial charge in [0.1, 0.15) is 6.33 Å². The second-order valence-electron chi connectivity index (χ2n) is 4.87. The van der Waals surface area contributed by atoms with Crippen LogP contribution in [0, 0.1) is 0 Å². The second-order valence-corrected chi connectivity index (χ2v) is 4.87. The van der Waals surface area contributed by atoms with E-state index < -0.39 is 0 Å². The van der Waals surface area contributed by atoms with Crippen molar-refractivity contribution in [2.24, 2.45) is 0 Å². The third-order valence-electron chi connectivity index (χ3n) is 3.77. The lowest BCUT2D eigenvalue weighted by molar-refractivity contribution is 0.253. The molecule has 1 fully saturated rings. The second kappa shape index (κ2) is 4.11. The van der Waals surface area contributed by atoms with E-state index in [9.17, 15) is 0 Å². The van der Waals surface area contributed by atoms with Crippen molar-refractivity contribution in [3.8, 4) is 0 Å². The molecule has 0 amide bonds. The van der Waals surface area contributed by atoms with Gasteiger partial charge in [-0.1, -0.05) is 0 Å². The fourth-order valence-electron chi connectivity index (χ4n) is 2.75. The number of fused-ring (bicyclic) bond motifs is 1. The molecule has 0 atom stereocenters. The normalized spacial score (nSPS) is 22.3. The highest BCUT2D eigenvalue weighted by atomic mass is 15.1. The molecule has 4 nitrogen and oxygen atoms in total. The first-order valence-electron chi connectivity index (χ1n) is 6.06. The molecule has 1 aromatic rings. The molecule has 0 bridgehead atoms. The first-order valence-corrected chi connectivity index (χ1v) is 6.06. The standard InChI is InChI=1S/C12H18N4/c1-16-4-2-9(3-5-16)12-10-6-13-7-11(10)14-8-15-12/h8-9,13H,2-7H2,1H3. The quantitative estimate of drug-likeness (QED) is 0.760. The van der Waals surface area contributed by atoms with Crippen molar-refractivity contribution in [1.29, 1.82) is 0 Å². The van der Waals surface area contributed by atoms with Crippen molar-refractivity contribution in [1.82, 2.24) is 20.2 Å². The minimum Gasteiger partial charge on any atom is -0.307 e. The summed E-state index contributed by atoms with van der Waals surface area (Å²) in [7, 11) is 2.20. The number of rotatable bonds is 1. The minimum absolute atomic E-state index is 0.646. The summed E-state index contributed by atoms with van der Waals surface area (Å²) in [6.07, 6.45) is 4.21. The molecule has 86 valence electrons. The van der Waals surface area contributed by atoms with Crippen LogP contribution in [-0.2, 0) is 13.1 Å². The summed E-state index contributed by atoms with van der Waals surface area (Å²) in [5, 5.41) is 3.36. The Morgan fingerprint density at radius 3 is 2.88 bits per heavy atom. The zero-order chi connectivity index (χ0) is 11.0. The minimum atomic E-state index is 0.646. The molecule has 1 saturated heterocycles. The van der Waals surface area contributed by atoms with Crippen molar-refractivity contribution in [3.05, 3.63) is 23.3 Å². The highest BCUT2D eigenvalue weighted by Gasteiger charge is 2.25. The predicted molar refractivity (Wildman–Crippen MR) is 62.0 cm³/mol. The first kappa shape index (κ1) is 10.2. The molecule has 3 heterocycles. The fourth-order valence-corrected chi connectivity index (χ4v) is 2.75. The lowest BCUT2D eigenvalue weighted by Crippen LogP contribution is -2.30. The Morgan fingerprint density at radius 1 is 1.25 bits per heavy atom. The third-order valence-corrected chi connectivity index (χ3v) is 3.77. The van der Waals surface area contributed by atoms with Gasteiger partial charge in [0.25, 0.3) is 0 Å². The molecule has 3 rings (SSSR count). The van der Waals surface area contributed by atoms with Crippen LogP contribution in [0.5, 0.6) is 0 Å². The van der Waals surface area contributed by atoms with Crippen molar-refractivity contribution in [3.63, 3.8) is 0 Å². The summed E-state index contributed by atoms with van der Waals surface area (Å²) in [5.41, 5.74) is 3.89. The third kappa shape index (κ3) is 1.72. The molecule has 1 aromatic heterocycles. The Morgan fingerprint density at radius 2 is 2.06 bits per heavy atom. The topological polar surface area (TPSA) is 41.1 Å². The van der Waals surface area contributed by atoms with Gasteiger partial charge in [-0.3, -0.25) is 0 Å². The first-order chi connectivity index (χ1) is 7.84. The van der Waals surface area contributed by atoms with Gasteiger partial charge in [-0.05, 0) is 33.0 Å². The van der Waals surface area contributed by atoms with E-state index >= 15 is 0 Å². The van der Waals surface area contributed by atoms with Crippen LogP contribution in [0.4, 0.5) is 0 Å². The van der Waals surface area contributed by atoms with Gasteiger partial charge in [0.15, 0.2) is 0 Å². The highest BCUT2D eigenvalue weighted by Crippen LogP contribution is 2.30. The molecule has 0 aromatic carbocycles. The van der Waals surface area contributed by atoms with Crippen LogP contribution < -0.4 is 5.32 Å². The Labute approximate surface area is 96.1 Å². The summed E-state index contributed by atoms with van der Waals surface area (Å²) in [6, 6.07) is 0. The average Bonchev–Trinajstić information content (AvgIpc) is 2.78. The number of likely N-dealkylation sites (tertiary alicyclic amines) is 1. The number of nitrogens with one attached hydrogen (secondary N) is 1. The molecule has 1 N–H and O–H groups in total. The Balaban J connectivity index is 1.87.